The normalized spacial score (nSPS) is 9.91. The first-order valence-electron chi connectivity index (χ1n) is 13.8. The van der Waals surface area contributed by atoms with Crippen molar-refractivity contribution >= 4 is 0 Å². The van der Waals surface area contributed by atoms with Gasteiger partial charge in [-0.2, -0.15) is 9.13 Å². The minimum Gasteiger partial charge on any atom is -1.00 e. The Morgan fingerprint density at radius 1 is 0.295 bits per heavy atom. The average molecular weight is 842 g/mol. The zero-order valence-electron chi connectivity index (χ0n) is 24.1. The fourth-order valence-electron chi connectivity index (χ4n) is 4.93. The van der Waals surface area contributed by atoms with Crippen molar-refractivity contribution in [3.8, 4) is 22.3 Å². The van der Waals surface area contributed by atoms with Gasteiger partial charge in [-0.1, -0.05) is 60.7 Å². The molecule has 0 unspecified atom stereocenters. The number of pyridine rings is 4. The highest BCUT2D eigenvalue weighted by Gasteiger charge is 2.10. The summed E-state index contributed by atoms with van der Waals surface area (Å²) in [7, 11) is 0. The molecular formula is C36H34Br4N4. The summed E-state index contributed by atoms with van der Waals surface area (Å²) < 4.78 is 8.91. The van der Waals surface area contributed by atoms with Gasteiger partial charge in [-0.05, 0) is 22.3 Å². The van der Waals surface area contributed by atoms with Crippen molar-refractivity contribution < 1.29 is 86.2 Å². The van der Waals surface area contributed by atoms with E-state index in [0.29, 0.717) is 0 Å². The zero-order valence-corrected chi connectivity index (χ0v) is 30.5. The van der Waals surface area contributed by atoms with Crippen LogP contribution in [0.15, 0.2) is 159 Å². The van der Waals surface area contributed by atoms with Crippen molar-refractivity contribution in [2.45, 2.75) is 26.2 Å². The zero-order chi connectivity index (χ0) is 27.0. The molecule has 0 aliphatic carbocycles. The Morgan fingerprint density at radius 2 is 0.545 bits per heavy atom. The quantitative estimate of drug-likeness (QED) is 0.129. The van der Waals surface area contributed by atoms with Gasteiger partial charge in [0.2, 0.25) is 13.1 Å². The Labute approximate surface area is 302 Å². The van der Waals surface area contributed by atoms with Gasteiger partial charge in [0.15, 0.2) is 62.7 Å². The molecule has 0 fully saturated rings. The molecule has 4 heterocycles. The van der Waals surface area contributed by atoms with E-state index in [1.165, 1.54) is 33.4 Å². The Morgan fingerprint density at radius 3 is 0.818 bits per heavy atom. The number of hydrogen-bond donors (Lipinski definition) is 0. The van der Waals surface area contributed by atoms with Crippen molar-refractivity contribution in [2.75, 3.05) is 0 Å². The van der Waals surface area contributed by atoms with Crippen LogP contribution in [0, 0.1) is 0 Å². The lowest BCUT2D eigenvalue weighted by Gasteiger charge is -2.03. The molecule has 4 aromatic heterocycles. The van der Waals surface area contributed by atoms with Crippen molar-refractivity contribution in [1.82, 2.24) is 0 Å². The standard InChI is InChI=1S/C36H34N4.4BrH/c1-3-7-31(8-4-1)29-39-23-15-35(16-24-39)33-11-19-37(20-12-33)27-28-38-21-13-34(14-22-38)36-17-25-40(26-18-36)30-32-9-5-2-6-10-32;;;;/h1-26H,27-30H2;4*1H/q+4;;;;/p-4. The molecule has 0 aliphatic heterocycles. The summed E-state index contributed by atoms with van der Waals surface area (Å²) in [4.78, 5) is 0. The first kappa shape index (κ1) is 37.1. The van der Waals surface area contributed by atoms with Crippen LogP contribution in [-0.4, -0.2) is 0 Å². The van der Waals surface area contributed by atoms with Gasteiger partial charge in [0, 0.05) is 59.7 Å². The van der Waals surface area contributed by atoms with Crippen LogP contribution in [0.4, 0.5) is 0 Å². The van der Waals surface area contributed by atoms with Crippen molar-refractivity contribution in [2.24, 2.45) is 0 Å². The van der Waals surface area contributed by atoms with E-state index in [9.17, 15) is 0 Å². The summed E-state index contributed by atoms with van der Waals surface area (Å²) in [5, 5.41) is 0. The van der Waals surface area contributed by atoms with E-state index in [1.54, 1.807) is 0 Å². The van der Waals surface area contributed by atoms with Gasteiger partial charge in [0.1, 0.15) is 0 Å². The molecule has 0 saturated carbocycles. The number of nitrogens with zero attached hydrogens (tertiary/aromatic N) is 4. The summed E-state index contributed by atoms with van der Waals surface area (Å²) in [5.74, 6) is 0. The Bertz CT molecular complexity index is 1520. The smallest absolute Gasteiger partial charge is 0.206 e. The molecule has 0 radical (unpaired) electrons. The molecule has 226 valence electrons. The third-order valence-corrected chi connectivity index (χ3v) is 7.26. The topological polar surface area (TPSA) is 15.5 Å². The molecule has 8 heteroatoms. The summed E-state index contributed by atoms with van der Waals surface area (Å²) in [6, 6.07) is 38.7. The maximum Gasteiger partial charge on any atom is 0.206 e. The molecular weight excluding hydrogens is 808 g/mol. The Hall–Kier alpha value is -3.04. The molecule has 6 rings (SSSR count). The van der Waals surface area contributed by atoms with E-state index in [4.69, 9.17) is 0 Å². The van der Waals surface area contributed by atoms with E-state index in [0.717, 1.165) is 26.2 Å². The fourth-order valence-corrected chi connectivity index (χ4v) is 4.93. The summed E-state index contributed by atoms with van der Waals surface area (Å²) in [6.45, 7) is 3.60. The van der Waals surface area contributed by atoms with Gasteiger partial charge < -0.3 is 67.9 Å². The molecule has 2 aromatic carbocycles. The number of halogens is 4. The average Bonchev–Trinajstić information content (AvgIpc) is 3.02. The van der Waals surface area contributed by atoms with Crippen LogP contribution in [0.2, 0.25) is 0 Å². The van der Waals surface area contributed by atoms with Gasteiger partial charge in [-0.3, -0.25) is 0 Å². The largest absolute Gasteiger partial charge is 1.00 e. The molecule has 0 bridgehead atoms. The second-order valence-electron chi connectivity index (χ2n) is 10.1. The van der Waals surface area contributed by atoms with E-state index < -0.39 is 0 Å². The van der Waals surface area contributed by atoms with Crippen LogP contribution in [0.3, 0.4) is 0 Å². The second kappa shape index (κ2) is 18.7. The number of benzene rings is 2. The molecule has 44 heavy (non-hydrogen) atoms. The predicted octanol–water partition coefficient (Wildman–Crippen LogP) is -7.02. The van der Waals surface area contributed by atoms with Crippen LogP contribution >= 0.6 is 0 Å². The Balaban J connectivity index is 0.00000169. The SMILES string of the molecule is [Br-].[Br-].[Br-].[Br-].c1ccc(C[n+]2ccc(-c3cc[n+](CC[n+]4ccc(-c5cc[n+](Cc6ccccc6)cc5)cc4)cc3)cc2)cc1. The monoisotopic (exact) mass is 838 g/mol. The molecule has 0 N–H and O–H groups in total. The van der Waals surface area contributed by atoms with Crippen molar-refractivity contribution in [1.29, 1.82) is 0 Å². The molecule has 0 amide bonds. The Kier molecular flexibility index (Phi) is 15.8. The van der Waals surface area contributed by atoms with Gasteiger partial charge in [-0.15, -0.1) is 0 Å². The number of aryl methyl sites for hydroxylation is 2. The highest BCUT2D eigenvalue weighted by molar-refractivity contribution is 5.61. The van der Waals surface area contributed by atoms with Crippen molar-refractivity contribution in [3.63, 3.8) is 0 Å². The lowest BCUT2D eigenvalue weighted by atomic mass is 10.1. The maximum atomic E-state index is 2.24. The number of hydrogen-bond acceptors (Lipinski definition) is 0. The summed E-state index contributed by atoms with van der Waals surface area (Å²) in [5.41, 5.74) is 7.53. The van der Waals surface area contributed by atoms with E-state index in [2.05, 4.69) is 177 Å². The number of rotatable bonds is 9. The first-order valence-corrected chi connectivity index (χ1v) is 13.8. The molecule has 6 aromatic rings. The molecule has 0 spiro atoms. The highest BCUT2D eigenvalue weighted by Crippen LogP contribution is 2.17. The highest BCUT2D eigenvalue weighted by atomic mass is 79.9. The lowest BCUT2D eigenvalue weighted by Crippen LogP contribution is -3.00. The molecule has 0 saturated heterocycles. The minimum atomic E-state index is 0. The molecule has 0 aliphatic rings. The van der Waals surface area contributed by atoms with Crippen molar-refractivity contribution in [3.05, 3.63) is 170 Å². The van der Waals surface area contributed by atoms with Crippen LogP contribution < -0.4 is 86.2 Å². The van der Waals surface area contributed by atoms with Crippen LogP contribution in [0.1, 0.15) is 11.1 Å². The van der Waals surface area contributed by atoms with E-state index >= 15 is 0 Å². The molecule has 4 nitrogen and oxygen atoms in total. The van der Waals surface area contributed by atoms with Crippen LogP contribution in [0.25, 0.3) is 22.3 Å². The maximum absolute atomic E-state index is 2.24. The van der Waals surface area contributed by atoms with Gasteiger partial charge >= 0.3 is 0 Å². The van der Waals surface area contributed by atoms with Crippen LogP contribution in [-0.2, 0) is 26.2 Å². The number of aromatic nitrogens is 4. The predicted molar refractivity (Wildman–Crippen MR) is 156 cm³/mol. The minimum absolute atomic E-state index is 0. The van der Waals surface area contributed by atoms with E-state index in [1.807, 2.05) is 0 Å². The van der Waals surface area contributed by atoms with Gasteiger partial charge in [-0.25, -0.2) is 9.13 Å². The van der Waals surface area contributed by atoms with Gasteiger partial charge in [0.25, 0.3) is 0 Å². The van der Waals surface area contributed by atoms with Crippen LogP contribution in [0.5, 0.6) is 0 Å². The fraction of sp³-hybridized carbons (Fsp3) is 0.111. The third-order valence-electron chi connectivity index (χ3n) is 7.26. The first-order chi connectivity index (χ1) is 19.8. The third kappa shape index (κ3) is 10.3. The summed E-state index contributed by atoms with van der Waals surface area (Å²) in [6.07, 6.45) is 17.3. The summed E-state index contributed by atoms with van der Waals surface area (Å²) >= 11 is 0. The van der Waals surface area contributed by atoms with Gasteiger partial charge in [0.05, 0.1) is 0 Å². The second-order valence-corrected chi connectivity index (χ2v) is 10.1. The van der Waals surface area contributed by atoms with E-state index in [-0.39, 0.29) is 67.9 Å². The molecule has 0 atom stereocenters. The lowest BCUT2D eigenvalue weighted by molar-refractivity contribution is -0.778.